The first-order valence-corrected chi connectivity index (χ1v) is 10.6. The number of methoxy groups -OCH3 is 2. The van der Waals surface area contributed by atoms with Crippen LogP contribution in [0.2, 0.25) is 0 Å². The number of nitrogens with one attached hydrogen (secondary N) is 2. The lowest BCUT2D eigenvalue weighted by Gasteiger charge is -2.10. The lowest BCUT2D eigenvalue weighted by atomic mass is 10.1. The molecule has 0 bridgehead atoms. The molecule has 0 unspecified atom stereocenters. The van der Waals surface area contributed by atoms with Crippen LogP contribution in [0, 0.1) is 4.77 Å². The molecule has 0 spiro atoms. The van der Waals surface area contributed by atoms with Crippen molar-refractivity contribution in [3.05, 3.63) is 63.2 Å². The molecule has 0 aliphatic rings. The summed E-state index contributed by atoms with van der Waals surface area (Å²) in [5, 5.41) is 3.55. The zero-order chi connectivity index (χ0) is 22.2. The van der Waals surface area contributed by atoms with Gasteiger partial charge >= 0.3 is 0 Å². The van der Waals surface area contributed by atoms with Crippen molar-refractivity contribution in [2.45, 2.75) is 38.8 Å². The maximum absolute atomic E-state index is 12.6. The summed E-state index contributed by atoms with van der Waals surface area (Å²) < 4.78 is 12.5. The van der Waals surface area contributed by atoms with Gasteiger partial charge in [-0.3, -0.25) is 14.2 Å². The van der Waals surface area contributed by atoms with Crippen molar-refractivity contribution < 1.29 is 14.3 Å². The van der Waals surface area contributed by atoms with Crippen LogP contribution in [0.25, 0.3) is 10.9 Å². The normalized spacial score (nSPS) is 10.8. The van der Waals surface area contributed by atoms with E-state index in [2.05, 4.69) is 10.3 Å². The van der Waals surface area contributed by atoms with Crippen molar-refractivity contribution in [3.8, 4) is 11.5 Å². The number of H-pyrrole nitrogens is 1. The Hall–Kier alpha value is -3.13. The van der Waals surface area contributed by atoms with Crippen LogP contribution >= 0.6 is 12.2 Å². The lowest BCUT2D eigenvalue weighted by Crippen LogP contribution is -2.23. The van der Waals surface area contributed by atoms with E-state index in [4.69, 9.17) is 21.7 Å². The summed E-state index contributed by atoms with van der Waals surface area (Å²) in [5.41, 5.74) is 1.61. The summed E-state index contributed by atoms with van der Waals surface area (Å²) >= 11 is 5.33. The molecule has 0 atom stereocenters. The van der Waals surface area contributed by atoms with Gasteiger partial charge in [-0.1, -0.05) is 24.6 Å². The highest BCUT2D eigenvalue weighted by atomic mass is 32.1. The minimum absolute atomic E-state index is 0.00468. The molecule has 1 amide bonds. The molecule has 1 aromatic heterocycles. The molecule has 7 nitrogen and oxygen atoms in total. The number of amides is 1. The van der Waals surface area contributed by atoms with Gasteiger partial charge in [0.2, 0.25) is 5.91 Å². The number of aromatic amines is 1. The fraction of sp³-hybridized carbons (Fsp3) is 0.348. The first kappa shape index (κ1) is 22.6. The van der Waals surface area contributed by atoms with Gasteiger partial charge in [0.1, 0.15) is 0 Å². The van der Waals surface area contributed by atoms with Crippen molar-refractivity contribution in [2.24, 2.45) is 0 Å². The molecule has 8 heteroatoms. The molecule has 0 saturated carbocycles. The molecular formula is C23H27N3O4S. The molecule has 2 aromatic carbocycles. The molecule has 2 N–H and O–H groups in total. The number of aromatic nitrogens is 2. The Balaban J connectivity index is 1.43. The zero-order valence-electron chi connectivity index (χ0n) is 17.8. The quantitative estimate of drug-likeness (QED) is 0.368. The van der Waals surface area contributed by atoms with Gasteiger partial charge in [-0.2, -0.15) is 0 Å². The monoisotopic (exact) mass is 441 g/mol. The molecule has 3 aromatic rings. The van der Waals surface area contributed by atoms with Gasteiger partial charge in [0.05, 0.1) is 25.1 Å². The fourth-order valence-electron chi connectivity index (χ4n) is 3.41. The fourth-order valence-corrected chi connectivity index (χ4v) is 3.70. The lowest BCUT2D eigenvalue weighted by molar-refractivity contribution is -0.121. The first-order valence-electron chi connectivity index (χ1n) is 10.2. The van der Waals surface area contributed by atoms with E-state index in [0.717, 1.165) is 30.3 Å². The van der Waals surface area contributed by atoms with Crippen molar-refractivity contribution in [1.82, 2.24) is 14.9 Å². The average Bonchev–Trinajstić information content (AvgIpc) is 2.79. The molecule has 0 aliphatic heterocycles. The summed E-state index contributed by atoms with van der Waals surface area (Å²) in [6.45, 7) is 0.965. The topological polar surface area (TPSA) is 85.4 Å². The molecular weight excluding hydrogens is 414 g/mol. The number of hydrogen-bond donors (Lipinski definition) is 2. The number of fused-ring (bicyclic) bond motifs is 1. The van der Waals surface area contributed by atoms with Crippen LogP contribution in [0.3, 0.4) is 0 Å². The average molecular weight is 442 g/mol. The smallest absolute Gasteiger partial charge is 0.262 e. The van der Waals surface area contributed by atoms with Crippen LogP contribution in [0.1, 0.15) is 31.2 Å². The Morgan fingerprint density at radius 1 is 1.06 bits per heavy atom. The summed E-state index contributed by atoms with van der Waals surface area (Å²) in [5.74, 6) is 1.29. The standard InChI is InChI=1S/C23H27N3O4S/c1-29-19-12-11-16(14-20(19)30-2)15-24-21(27)10-4-3-7-13-26-22(28)17-8-5-6-9-18(17)25-23(26)31/h5-6,8-9,11-12,14H,3-4,7,10,13,15H2,1-2H3,(H,24,27)(H,25,31). The van der Waals surface area contributed by atoms with E-state index in [-0.39, 0.29) is 11.5 Å². The Kier molecular flexibility index (Phi) is 7.83. The maximum atomic E-state index is 12.6. The van der Waals surface area contributed by atoms with E-state index in [9.17, 15) is 9.59 Å². The van der Waals surface area contributed by atoms with Crippen LogP contribution in [-0.2, 0) is 17.9 Å². The molecule has 0 fully saturated rings. The largest absolute Gasteiger partial charge is 0.493 e. The maximum Gasteiger partial charge on any atom is 0.262 e. The second-order valence-electron chi connectivity index (χ2n) is 7.21. The van der Waals surface area contributed by atoms with E-state index in [1.807, 2.05) is 36.4 Å². The summed E-state index contributed by atoms with van der Waals surface area (Å²) in [6, 6.07) is 12.9. The number of unbranched alkanes of at least 4 members (excludes halogenated alkanes) is 2. The van der Waals surface area contributed by atoms with Crippen LogP contribution in [0.15, 0.2) is 47.3 Å². The van der Waals surface area contributed by atoms with E-state index in [1.54, 1.807) is 24.9 Å². The van der Waals surface area contributed by atoms with Gasteiger partial charge in [0.15, 0.2) is 16.3 Å². The van der Waals surface area contributed by atoms with Crippen molar-refractivity contribution in [1.29, 1.82) is 0 Å². The predicted octanol–water partition coefficient (Wildman–Crippen LogP) is 3.95. The van der Waals surface area contributed by atoms with Gasteiger partial charge in [-0.25, -0.2) is 0 Å². The number of hydrogen-bond acceptors (Lipinski definition) is 5. The number of rotatable bonds is 10. The minimum atomic E-state index is -0.0768. The Bertz CT molecular complexity index is 1170. The van der Waals surface area contributed by atoms with Crippen LogP contribution in [0.4, 0.5) is 0 Å². The number of benzene rings is 2. The zero-order valence-corrected chi connectivity index (χ0v) is 18.6. The molecule has 0 aliphatic carbocycles. The van der Waals surface area contributed by atoms with Gasteiger partial charge in [-0.15, -0.1) is 0 Å². The molecule has 164 valence electrons. The van der Waals surface area contributed by atoms with E-state index in [1.165, 1.54) is 0 Å². The Labute approximate surface area is 186 Å². The third-order valence-corrected chi connectivity index (χ3v) is 5.44. The van der Waals surface area contributed by atoms with Crippen LogP contribution in [-0.4, -0.2) is 29.7 Å². The molecule has 31 heavy (non-hydrogen) atoms. The highest BCUT2D eigenvalue weighted by Crippen LogP contribution is 2.27. The minimum Gasteiger partial charge on any atom is -0.493 e. The second kappa shape index (κ2) is 10.8. The second-order valence-corrected chi connectivity index (χ2v) is 7.60. The predicted molar refractivity (Wildman–Crippen MR) is 123 cm³/mol. The van der Waals surface area contributed by atoms with Crippen LogP contribution < -0.4 is 20.3 Å². The van der Waals surface area contributed by atoms with Crippen LogP contribution in [0.5, 0.6) is 11.5 Å². The SMILES string of the molecule is COc1ccc(CNC(=O)CCCCCn2c(=S)[nH]c3ccccc3c2=O)cc1OC. The highest BCUT2D eigenvalue weighted by Gasteiger charge is 2.07. The summed E-state index contributed by atoms with van der Waals surface area (Å²) in [4.78, 5) is 27.9. The molecule has 1 heterocycles. The van der Waals surface area contributed by atoms with Gasteiger partial charge in [-0.05, 0) is 54.9 Å². The first-order chi connectivity index (χ1) is 15.0. The van der Waals surface area contributed by atoms with E-state index < -0.39 is 0 Å². The Morgan fingerprint density at radius 3 is 2.61 bits per heavy atom. The summed E-state index contributed by atoms with van der Waals surface area (Å²) in [6.07, 6.45) is 2.79. The molecule has 3 rings (SSSR count). The number of para-hydroxylation sites is 1. The molecule has 0 radical (unpaired) electrons. The third-order valence-electron chi connectivity index (χ3n) is 5.11. The van der Waals surface area contributed by atoms with Gasteiger partial charge < -0.3 is 19.8 Å². The van der Waals surface area contributed by atoms with Gasteiger partial charge in [0, 0.05) is 19.5 Å². The number of nitrogens with zero attached hydrogens (tertiary/aromatic N) is 1. The van der Waals surface area contributed by atoms with Gasteiger partial charge in [0.25, 0.3) is 5.56 Å². The molecule has 0 saturated heterocycles. The number of carbonyl (C=O) groups excluding carboxylic acids is 1. The van der Waals surface area contributed by atoms with Crippen molar-refractivity contribution >= 4 is 29.0 Å². The number of carbonyl (C=O) groups is 1. The number of ether oxygens (including phenoxy) is 2. The van der Waals surface area contributed by atoms with Crippen molar-refractivity contribution in [2.75, 3.05) is 14.2 Å². The Morgan fingerprint density at radius 2 is 1.84 bits per heavy atom. The van der Waals surface area contributed by atoms with E-state index in [0.29, 0.717) is 41.2 Å². The summed E-state index contributed by atoms with van der Waals surface area (Å²) in [7, 11) is 3.17. The highest BCUT2D eigenvalue weighted by molar-refractivity contribution is 7.71. The third kappa shape index (κ3) is 5.73. The van der Waals surface area contributed by atoms with E-state index >= 15 is 0 Å². The van der Waals surface area contributed by atoms with Crippen molar-refractivity contribution in [3.63, 3.8) is 0 Å².